The van der Waals surface area contributed by atoms with Crippen LogP contribution >= 0.6 is 11.6 Å². The van der Waals surface area contributed by atoms with E-state index in [2.05, 4.69) is 36.4 Å². The first-order chi connectivity index (χ1) is 9.15. The molecule has 3 heteroatoms. The fourth-order valence-corrected chi connectivity index (χ4v) is 2.78. The van der Waals surface area contributed by atoms with Crippen molar-refractivity contribution in [1.82, 2.24) is 10.2 Å². The molecular formula is C16H25ClN2. The Morgan fingerprint density at radius 2 is 1.84 bits per heavy atom. The molecule has 0 spiro atoms. The van der Waals surface area contributed by atoms with E-state index < -0.39 is 0 Å². The number of benzene rings is 1. The molecule has 106 valence electrons. The van der Waals surface area contributed by atoms with Crippen LogP contribution in [0.5, 0.6) is 0 Å². The largest absolute Gasteiger partial charge is 0.314 e. The van der Waals surface area contributed by atoms with Crippen molar-refractivity contribution in [1.29, 1.82) is 0 Å². The monoisotopic (exact) mass is 280 g/mol. The van der Waals surface area contributed by atoms with Crippen LogP contribution in [-0.2, 0) is 0 Å². The minimum Gasteiger partial charge on any atom is -0.314 e. The molecule has 19 heavy (non-hydrogen) atoms. The van der Waals surface area contributed by atoms with Gasteiger partial charge >= 0.3 is 0 Å². The lowest BCUT2D eigenvalue weighted by atomic mass is 9.76. The van der Waals surface area contributed by atoms with E-state index in [0.717, 1.165) is 23.5 Å². The van der Waals surface area contributed by atoms with E-state index in [4.69, 9.17) is 11.6 Å². The summed E-state index contributed by atoms with van der Waals surface area (Å²) in [5, 5.41) is 4.49. The summed E-state index contributed by atoms with van der Waals surface area (Å²) in [5.41, 5.74) is 1.44. The summed E-state index contributed by atoms with van der Waals surface area (Å²) in [6, 6.07) is 9.05. The zero-order valence-corrected chi connectivity index (χ0v) is 12.8. The van der Waals surface area contributed by atoms with Gasteiger partial charge in [-0.25, -0.2) is 0 Å². The first-order valence-electron chi connectivity index (χ1n) is 7.28. The molecule has 0 atom stereocenters. The van der Waals surface area contributed by atoms with Crippen molar-refractivity contribution < 1.29 is 0 Å². The summed E-state index contributed by atoms with van der Waals surface area (Å²) in [5.74, 6) is 0.733. The second-order valence-electron chi connectivity index (χ2n) is 5.88. The summed E-state index contributed by atoms with van der Waals surface area (Å²) in [7, 11) is 4.27. The summed E-state index contributed by atoms with van der Waals surface area (Å²) >= 11 is 5.91. The fourth-order valence-electron chi connectivity index (χ4n) is 2.65. The van der Waals surface area contributed by atoms with Gasteiger partial charge in [0.05, 0.1) is 0 Å². The van der Waals surface area contributed by atoms with Crippen LogP contribution < -0.4 is 5.32 Å². The lowest BCUT2D eigenvalue weighted by Crippen LogP contribution is -2.40. The van der Waals surface area contributed by atoms with Crippen molar-refractivity contribution in [3.8, 4) is 0 Å². The summed E-state index contributed by atoms with van der Waals surface area (Å²) in [4.78, 5) is 2.25. The van der Waals surface area contributed by atoms with E-state index in [1.807, 2.05) is 12.1 Å². The SMILES string of the molecule is CN(C)CCCCNC1CC(c2ccc(Cl)cc2)C1. The predicted molar refractivity (Wildman–Crippen MR) is 83.0 cm³/mol. The maximum absolute atomic E-state index is 5.91. The quantitative estimate of drug-likeness (QED) is 0.769. The van der Waals surface area contributed by atoms with Crippen molar-refractivity contribution in [2.24, 2.45) is 0 Å². The highest BCUT2D eigenvalue weighted by atomic mass is 35.5. The Morgan fingerprint density at radius 3 is 2.47 bits per heavy atom. The molecule has 1 aromatic rings. The van der Waals surface area contributed by atoms with E-state index in [1.165, 1.54) is 37.8 Å². The third kappa shape index (κ3) is 4.79. The van der Waals surface area contributed by atoms with Crippen molar-refractivity contribution in [3.05, 3.63) is 34.9 Å². The van der Waals surface area contributed by atoms with Gasteiger partial charge in [0.2, 0.25) is 0 Å². The third-order valence-corrected chi connectivity index (χ3v) is 4.20. The van der Waals surface area contributed by atoms with Crippen LogP contribution in [0.25, 0.3) is 0 Å². The molecule has 2 rings (SSSR count). The Kier molecular flexibility index (Phi) is 5.68. The first kappa shape index (κ1) is 14.8. The van der Waals surface area contributed by atoms with Gasteiger partial charge in [-0.3, -0.25) is 0 Å². The van der Waals surface area contributed by atoms with Crippen LogP contribution in [-0.4, -0.2) is 38.1 Å². The topological polar surface area (TPSA) is 15.3 Å². The molecule has 1 aromatic carbocycles. The molecule has 1 aliphatic rings. The zero-order valence-electron chi connectivity index (χ0n) is 12.0. The minimum absolute atomic E-state index is 0.722. The van der Waals surface area contributed by atoms with Gasteiger partial charge in [0.25, 0.3) is 0 Å². The molecule has 1 fully saturated rings. The van der Waals surface area contributed by atoms with Crippen molar-refractivity contribution in [2.45, 2.75) is 37.6 Å². The maximum Gasteiger partial charge on any atom is 0.0406 e. The van der Waals surface area contributed by atoms with Crippen LogP contribution in [0.1, 0.15) is 37.2 Å². The standard InChI is InChI=1S/C16H25ClN2/c1-19(2)10-4-3-9-18-16-11-14(12-16)13-5-7-15(17)8-6-13/h5-8,14,16,18H,3-4,9-12H2,1-2H3. The normalized spacial score (nSPS) is 22.5. The second kappa shape index (κ2) is 7.28. The number of nitrogens with zero attached hydrogens (tertiary/aromatic N) is 1. The molecule has 0 heterocycles. The van der Waals surface area contributed by atoms with E-state index in [0.29, 0.717) is 0 Å². The molecule has 0 unspecified atom stereocenters. The second-order valence-corrected chi connectivity index (χ2v) is 6.32. The van der Waals surface area contributed by atoms with E-state index in [-0.39, 0.29) is 0 Å². The number of nitrogens with one attached hydrogen (secondary N) is 1. The molecule has 0 aromatic heterocycles. The van der Waals surface area contributed by atoms with Gasteiger partial charge in [-0.1, -0.05) is 23.7 Å². The summed E-state index contributed by atoms with van der Waals surface area (Å²) in [6.45, 7) is 2.35. The van der Waals surface area contributed by atoms with Crippen LogP contribution in [0.4, 0.5) is 0 Å². The van der Waals surface area contributed by atoms with Crippen molar-refractivity contribution >= 4 is 11.6 Å². The van der Waals surface area contributed by atoms with Crippen LogP contribution in [0, 0.1) is 0 Å². The summed E-state index contributed by atoms with van der Waals surface area (Å²) in [6.07, 6.45) is 5.11. The Bertz CT molecular complexity index is 369. The highest BCUT2D eigenvalue weighted by Gasteiger charge is 2.29. The van der Waals surface area contributed by atoms with Crippen LogP contribution in [0.15, 0.2) is 24.3 Å². The smallest absolute Gasteiger partial charge is 0.0406 e. The Labute approximate surface area is 122 Å². The van der Waals surface area contributed by atoms with Gasteiger partial charge in [-0.15, -0.1) is 0 Å². The van der Waals surface area contributed by atoms with E-state index in [1.54, 1.807) is 0 Å². The lowest BCUT2D eigenvalue weighted by Gasteiger charge is -2.36. The highest BCUT2D eigenvalue weighted by molar-refractivity contribution is 6.30. The zero-order chi connectivity index (χ0) is 13.7. The number of halogens is 1. The number of hydrogen-bond acceptors (Lipinski definition) is 2. The first-order valence-corrected chi connectivity index (χ1v) is 7.66. The molecule has 0 amide bonds. The number of rotatable bonds is 7. The molecule has 1 N–H and O–H groups in total. The van der Waals surface area contributed by atoms with Gasteiger partial charge < -0.3 is 10.2 Å². The predicted octanol–water partition coefficient (Wildman–Crippen LogP) is 3.52. The molecule has 0 bridgehead atoms. The van der Waals surface area contributed by atoms with E-state index >= 15 is 0 Å². The maximum atomic E-state index is 5.91. The number of hydrogen-bond donors (Lipinski definition) is 1. The van der Waals surface area contributed by atoms with Gasteiger partial charge in [-0.2, -0.15) is 0 Å². The van der Waals surface area contributed by atoms with Gasteiger partial charge in [-0.05, 0) is 76.5 Å². The Morgan fingerprint density at radius 1 is 1.16 bits per heavy atom. The molecule has 1 saturated carbocycles. The summed E-state index contributed by atoms with van der Waals surface area (Å²) < 4.78 is 0. The highest BCUT2D eigenvalue weighted by Crippen LogP contribution is 2.37. The fraction of sp³-hybridized carbons (Fsp3) is 0.625. The molecule has 0 saturated heterocycles. The molecule has 2 nitrogen and oxygen atoms in total. The van der Waals surface area contributed by atoms with Gasteiger partial charge in [0.15, 0.2) is 0 Å². The molecule has 1 aliphatic carbocycles. The third-order valence-electron chi connectivity index (χ3n) is 3.94. The lowest BCUT2D eigenvalue weighted by molar-refractivity contribution is 0.287. The van der Waals surface area contributed by atoms with Gasteiger partial charge in [0, 0.05) is 11.1 Å². The average molecular weight is 281 g/mol. The Hall–Kier alpha value is -0.570. The van der Waals surface area contributed by atoms with Gasteiger partial charge in [0.1, 0.15) is 0 Å². The van der Waals surface area contributed by atoms with Crippen LogP contribution in [0.2, 0.25) is 5.02 Å². The number of unbranched alkanes of at least 4 members (excludes halogenated alkanes) is 1. The molecule has 0 radical (unpaired) electrons. The van der Waals surface area contributed by atoms with Crippen molar-refractivity contribution in [2.75, 3.05) is 27.2 Å². The van der Waals surface area contributed by atoms with Crippen molar-refractivity contribution in [3.63, 3.8) is 0 Å². The molecule has 0 aliphatic heterocycles. The minimum atomic E-state index is 0.722. The van der Waals surface area contributed by atoms with E-state index in [9.17, 15) is 0 Å². The van der Waals surface area contributed by atoms with Crippen LogP contribution in [0.3, 0.4) is 0 Å². The molecular weight excluding hydrogens is 256 g/mol. The Balaban J connectivity index is 1.57. The average Bonchev–Trinajstić information content (AvgIpc) is 2.32.